The summed E-state index contributed by atoms with van der Waals surface area (Å²) >= 11 is 0. The number of piperazine rings is 1. The van der Waals surface area contributed by atoms with E-state index in [0.29, 0.717) is 12.5 Å². The van der Waals surface area contributed by atoms with Gasteiger partial charge in [-0.15, -0.1) is 24.0 Å². The number of nitrogens with one attached hydrogen (secondary N) is 2. The van der Waals surface area contributed by atoms with Gasteiger partial charge in [-0.05, 0) is 44.0 Å². The maximum absolute atomic E-state index is 12.2. The Morgan fingerprint density at radius 1 is 1.07 bits per heavy atom. The number of alkyl halides is 3. The van der Waals surface area contributed by atoms with Crippen LogP contribution < -0.4 is 15.5 Å². The van der Waals surface area contributed by atoms with Gasteiger partial charge in [0.2, 0.25) is 0 Å². The highest BCUT2D eigenvalue weighted by Crippen LogP contribution is 2.18. The van der Waals surface area contributed by atoms with Crippen molar-refractivity contribution in [2.75, 3.05) is 57.8 Å². The molecule has 0 amide bonds. The van der Waals surface area contributed by atoms with Crippen molar-refractivity contribution in [2.24, 2.45) is 4.99 Å². The molecular formula is C20H33F3IN5. The average molecular weight is 527 g/mol. The number of rotatable bonds is 8. The Morgan fingerprint density at radius 2 is 1.76 bits per heavy atom. The van der Waals surface area contributed by atoms with E-state index in [9.17, 15) is 13.2 Å². The SMILES string of the molecule is CN=C(NCCCCN1CCN(c2cccc(C)c2)CC1)NCCC(F)(F)F.I. The molecule has 0 spiro atoms. The summed E-state index contributed by atoms with van der Waals surface area (Å²) in [5, 5.41) is 5.77. The molecule has 1 aliphatic rings. The van der Waals surface area contributed by atoms with Crippen LogP contribution in [0.25, 0.3) is 0 Å². The molecule has 1 fully saturated rings. The number of benzene rings is 1. The molecule has 29 heavy (non-hydrogen) atoms. The number of unbranched alkanes of at least 4 members (excludes halogenated alkanes) is 1. The molecule has 1 aromatic rings. The van der Waals surface area contributed by atoms with Crippen LogP contribution in [0.15, 0.2) is 29.3 Å². The number of aryl methyl sites for hydroxylation is 1. The van der Waals surface area contributed by atoms with Crippen molar-refractivity contribution in [3.8, 4) is 0 Å². The number of hydrogen-bond donors (Lipinski definition) is 2. The van der Waals surface area contributed by atoms with E-state index >= 15 is 0 Å². The highest BCUT2D eigenvalue weighted by Gasteiger charge is 2.26. The van der Waals surface area contributed by atoms with Crippen LogP contribution in [0.1, 0.15) is 24.8 Å². The van der Waals surface area contributed by atoms with Gasteiger partial charge in [-0.3, -0.25) is 9.89 Å². The van der Waals surface area contributed by atoms with Gasteiger partial charge in [-0.25, -0.2) is 0 Å². The zero-order valence-electron chi connectivity index (χ0n) is 17.3. The van der Waals surface area contributed by atoms with E-state index in [-0.39, 0.29) is 30.5 Å². The van der Waals surface area contributed by atoms with Crippen molar-refractivity contribution in [3.05, 3.63) is 29.8 Å². The summed E-state index contributed by atoms with van der Waals surface area (Å²) in [6, 6.07) is 8.63. The predicted molar refractivity (Wildman–Crippen MR) is 125 cm³/mol. The van der Waals surface area contributed by atoms with E-state index in [0.717, 1.165) is 45.6 Å². The topological polar surface area (TPSA) is 42.9 Å². The molecule has 0 unspecified atom stereocenters. The van der Waals surface area contributed by atoms with Gasteiger partial charge in [0.15, 0.2) is 5.96 Å². The minimum atomic E-state index is -4.14. The molecule has 1 saturated heterocycles. The van der Waals surface area contributed by atoms with E-state index in [2.05, 4.69) is 56.6 Å². The van der Waals surface area contributed by atoms with Crippen LogP contribution in [-0.4, -0.2) is 69.9 Å². The second-order valence-electron chi connectivity index (χ2n) is 7.17. The molecule has 1 heterocycles. The fourth-order valence-electron chi connectivity index (χ4n) is 3.26. The molecule has 2 N–H and O–H groups in total. The van der Waals surface area contributed by atoms with Crippen LogP contribution in [-0.2, 0) is 0 Å². The number of nitrogens with zero attached hydrogens (tertiary/aromatic N) is 3. The van der Waals surface area contributed by atoms with E-state index < -0.39 is 12.6 Å². The second kappa shape index (κ2) is 13.1. The van der Waals surface area contributed by atoms with Crippen LogP contribution in [0, 0.1) is 6.92 Å². The van der Waals surface area contributed by atoms with Crippen LogP contribution in [0.4, 0.5) is 18.9 Å². The van der Waals surface area contributed by atoms with Crippen molar-refractivity contribution in [1.29, 1.82) is 0 Å². The number of anilines is 1. The number of guanidine groups is 1. The molecule has 9 heteroatoms. The standard InChI is InChI=1S/C20H32F3N5.HI/c1-17-6-5-7-18(16-17)28-14-12-27(13-15-28)11-4-3-9-25-19(24-2)26-10-8-20(21,22)23;/h5-7,16H,3-4,8-15H2,1-2H3,(H2,24,25,26);1H. The number of aliphatic imine (C=N–C) groups is 1. The third-order valence-corrected chi connectivity index (χ3v) is 4.86. The van der Waals surface area contributed by atoms with Crippen molar-refractivity contribution >= 4 is 35.6 Å². The summed E-state index contributed by atoms with van der Waals surface area (Å²) < 4.78 is 36.5. The summed E-state index contributed by atoms with van der Waals surface area (Å²) in [7, 11) is 1.57. The Morgan fingerprint density at radius 3 is 2.38 bits per heavy atom. The van der Waals surface area contributed by atoms with Crippen LogP contribution in [0.3, 0.4) is 0 Å². The van der Waals surface area contributed by atoms with Gasteiger partial charge in [-0.2, -0.15) is 13.2 Å². The van der Waals surface area contributed by atoms with Crippen LogP contribution >= 0.6 is 24.0 Å². The lowest BCUT2D eigenvalue weighted by atomic mass is 10.2. The van der Waals surface area contributed by atoms with E-state index in [4.69, 9.17) is 0 Å². The second-order valence-corrected chi connectivity index (χ2v) is 7.17. The Labute approximate surface area is 189 Å². The minimum Gasteiger partial charge on any atom is -0.369 e. The van der Waals surface area contributed by atoms with Gasteiger partial charge in [0.1, 0.15) is 0 Å². The van der Waals surface area contributed by atoms with Gasteiger partial charge in [0.25, 0.3) is 0 Å². The summed E-state index contributed by atoms with van der Waals surface area (Å²) in [4.78, 5) is 8.86. The first-order valence-corrected chi connectivity index (χ1v) is 9.92. The fourth-order valence-corrected chi connectivity index (χ4v) is 3.26. The van der Waals surface area contributed by atoms with Gasteiger partial charge in [0, 0.05) is 52.0 Å². The first-order chi connectivity index (χ1) is 13.4. The fraction of sp³-hybridized carbons (Fsp3) is 0.650. The lowest BCUT2D eigenvalue weighted by Gasteiger charge is -2.36. The Balaban J connectivity index is 0.00000420. The number of halogens is 4. The van der Waals surface area contributed by atoms with E-state index in [1.54, 1.807) is 7.05 Å². The maximum Gasteiger partial charge on any atom is 0.390 e. The Bertz CT molecular complexity index is 616. The summed E-state index contributed by atoms with van der Waals surface area (Å²) in [6.07, 6.45) is -2.99. The lowest BCUT2D eigenvalue weighted by molar-refractivity contribution is -0.132. The summed E-state index contributed by atoms with van der Waals surface area (Å²) in [6.45, 7) is 7.90. The largest absolute Gasteiger partial charge is 0.390 e. The predicted octanol–water partition coefficient (Wildman–Crippen LogP) is 3.63. The monoisotopic (exact) mass is 527 g/mol. The molecule has 2 rings (SSSR count). The zero-order valence-corrected chi connectivity index (χ0v) is 19.6. The smallest absolute Gasteiger partial charge is 0.369 e. The molecule has 0 atom stereocenters. The molecule has 1 aromatic carbocycles. The Kier molecular flexibility index (Phi) is 11.7. The molecule has 0 bridgehead atoms. The van der Waals surface area contributed by atoms with E-state index in [1.165, 1.54) is 11.3 Å². The first-order valence-electron chi connectivity index (χ1n) is 9.92. The number of hydrogen-bond acceptors (Lipinski definition) is 3. The third kappa shape index (κ3) is 10.4. The molecular weight excluding hydrogens is 494 g/mol. The Hall–Kier alpha value is -1.23. The van der Waals surface area contributed by atoms with Gasteiger partial charge in [-0.1, -0.05) is 12.1 Å². The quantitative estimate of drug-likeness (QED) is 0.235. The van der Waals surface area contributed by atoms with Crippen molar-refractivity contribution < 1.29 is 13.2 Å². The van der Waals surface area contributed by atoms with Crippen molar-refractivity contribution in [3.63, 3.8) is 0 Å². The maximum atomic E-state index is 12.2. The molecule has 0 radical (unpaired) electrons. The third-order valence-electron chi connectivity index (χ3n) is 4.86. The minimum absolute atomic E-state index is 0. The molecule has 166 valence electrons. The molecule has 1 aliphatic heterocycles. The lowest BCUT2D eigenvalue weighted by Crippen LogP contribution is -2.46. The summed E-state index contributed by atoms with van der Waals surface area (Å²) in [5.74, 6) is 0.427. The van der Waals surface area contributed by atoms with Crippen LogP contribution in [0.5, 0.6) is 0 Å². The van der Waals surface area contributed by atoms with E-state index in [1.807, 2.05) is 0 Å². The summed E-state index contributed by atoms with van der Waals surface area (Å²) in [5.41, 5.74) is 2.59. The van der Waals surface area contributed by atoms with Gasteiger partial charge < -0.3 is 15.5 Å². The molecule has 5 nitrogen and oxygen atoms in total. The normalized spacial score (nSPS) is 15.8. The molecule has 0 aromatic heterocycles. The van der Waals surface area contributed by atoms with Crippen molar-refractivity contribution in [1.82, 2.24) is 15.5 Å². The first kappa shape index (κ1) is 25.8. The van der Waals surface area contributed by atoms with Crippen LogP contribution in [0.2, 0.25) is 0 Å². The highest BCUT2D eigenvalue weighted by atomic mass is 127. The zero-order chi connectivity index (χ0) is 20.4. The van der Waals surface area contributed by atoms with Gasteiger partial charge >= 0.3 is 6.18 Å². The highest BCUT2D eigenvalue weighted by molar-refractivity contribution is 14.0. The van der Waals surface area contributed by atoms with Gasteiger partial charge in [0.05, 0.1) is 6.42 Å². The average Bonchev–Trinajstić information content (AvgIpc) is 2.66. The molecule has 0 aliphatic carbocycles. The van der Waals surface area contributed by atoms with Crippen molar-refractivity contribution in [2.45, 2.75) is 32.4 Å². The molecule has 0 saturated carbocycles.